The number of benzene rings is 3. The standard InChI is InChI=1S/C30H27FN2O4/c1-4-37-25-14-9-18(15-22(25)17(2)3)28(34)26-27(23-16-32-24-8-6-5-7-21(23)24)33(30(36)29(26)35)20-12-10-19(31)11-13-20/h5-17,27,32,34H,4H2,1-3H3/b28-26+. The minimum Gasteiger partial charge on any atom is -0.507 e. The van der Waals surface area contributed by atoms with Gasteiger partial charge in [0.05, 0.1) is 18.2 Å². The molecule has 1 saturated heterocycles. The lowest BCUT2D eigenvalue weighted by atomic mass is 9.93. The average Bonchev–Trinajstić information content (AvgIpc) is 3.43. The molecule has 0 radical (unpaired) electrons. The monoisotopic (exact) mass is 498 g/mol. The fourth-order valence-corrected chi connectivity index (χ4v) is 4.90. The highest BCUT2D eigenvalue weighted by atomic mass is 19.1. The summed E-state index contributed by atoms with van der Waals surface area (Å²) in [5, 5.41) is 12.4. The summed E-state index contributed by atoms with van der Waals surface area (Å²) < 4.78 is 19.5. The fourth-order valence-electron chi connectivity index (χ4n) is 4.90. The predicted molar refractivity (Wildman–Crippen MR) is 141 cm³/mol. The van der Waals surface area contributed by atoms with E-state index in [4.69, 9.17) is 4.74 Å². The molecule has 6 nitrogen and oxygen atoms in total. The van der Waals surface area contributed by atoms with Crippen LogP contribution in [0.3, 0.4) is 0 Å². The molecule has 1 amide bonds. The largest absolute Gasteiger partial charge is 0.507 e. The Morgan fingerprint density at radius 2 is 1.81 bits per heavy atom. The summed E-state index contributed by atoms with van der Waals surface area (Å²) in [7, 11) is 0. The number of hydrogen-bond acceptors (Lipinski definition) is 4. The van der Waals surface area contributed by atoms with Crippen LogP contribution in [-0.4, -0.2) is 28.4 Å². The molecule has 0 spiro atoms. The first-order valence-corrected chi connectivity index (χ1v) is 12.2. The molecule has 1 aliphatic rings. The molecule has 0 bridgehead atoms. The van der Waals surface area contributed by atoms with Crippen LogP contribution in [0.15, 0.2) is 78.5 Å². The van der Waals surface area contributed by atoms with Crippen molar-refractivity contribution in [2.45, 2.75) is 32.7 Å². The van der Waals surface area contributed by atoms with Gasteiger partial charge >= 0.3 is 0 Å². The van der Waals surface area contributed by atoms with Gasteiger partial charge in [0, 0.05) is 33.9 Å². The van der Waals surface area contributed by atoms with E-state index < -0.39 is 23.5 Å². The Morgan fingerprint density at radius 1 is 1.08 bits per heavy atom. The number of rotatable bonds is 6. The number of carbonyl (C=O) groups is 2. The maximum Gasteiger partial charge on any atom is 0.300 e. The Morgan fingerprint density at radius 3 is 2.51 bits per heavy atom. The first-order chi connectivity index (χ1) is 17.8. The van der Waals surface area contributed by atoms with Gasteiger partial charge in [-0.05, 0) is 66.9 Å². The van der Waals surface area contributed by atoms with Gasteiger partial charge < -0.3 is 14.8 Å². The third-order valence-corrected chi connectivity index (χ3v) is 6.67. The molecule has 1 unspecified atom stereocenters. The zero-order valence-corrected chi connectivity index (χ0v) is 20.8. The molecular weight excluding hydrogens is 471 g/mol. The number of nitrogens with zero attached hydrogens (tertiary/aromatic N) is 1. The normalized spacial score (nSPS) is 17.2. The first kappa shape index (κ1) is 24.3. The molecule has 4 aromatic rings. The smallest absolute Gasteiger partial charge is 0.300 e. The molecule has 3 aromatic carbocycles. The van der Waals surface area contributed by atoms with Gasteiger partial charge in [-0.1, -0.05) is 32.0 Å². The number of amides is 1. The Labute approximate surface area is 214 Å². The van der Waals surface area contributed by atoms with Crippen molar-refractivity contribution in [1.82, 2.24) is 4.98 Å². The fraction of sp³-hybridized carbons (Fsp3) is 0.200. The minimum atomic E-state index is -0.921. The molecule has 0 aliphatic carbocycles. The second kappa shape index (κ2) is 9.58. The molecule has 2 heterocycles. The average molecular weight is 499 g/mol. The van der Waals surface area contributed by atoms with Gasteiger partial charge in [0.15, 0.2) is 0 Å². The second-order valence-electron chi connectivity index (χ2n) is 9.28. The molecule has 2 N–H and O–H groups in total. The number of halogens is 1. The Balaban J connectivity index is 1.74. The number of aromatic nitrogens is 1. The van der Waals surface area contributed by atoms with Crippen molar-refractivity contribution in [2.24, 2.45) is 0 Å². The van der Waals surface area contributed by atoms with Crippen LogP contribution in [-0.2, 0) is 9.59 Å². The van der Waals surface area contributed by atoms with Gasteiger partial charge in [0.2, 0.25) is 0 Å². The van der Waals surface area contributed by atoms with Gasteiger partial charge in [-0.2, -0.15) is 0 Å². The Kier molecular flexibility index (Phi) is 6.29. The predicted octanol–water partition coefficient (Wildman–Crippen LogP) is 6.46. The maximum atomic E-state index is 13.7. The molecule has 37 heavy (non-hydrogen) atoms. The lowest BCUT2D eigenvalue weighted by molar-refractivity contribution is -0.132. The third kappa shape index (κ3) is 4.16. The van der Waals surface area contributed by atoms with Crippen molar-refractivity contribution in [3.63, 3.8) is 0 Å². The van der Waals surface area contributed by atoms with E-state index in [0.29, 0.717) is 29.2 Å². The molecule has 5 rings (SSSR count). The van der Waals surface area contributed by atoms with Crippen LogP contribution < -0.4 is 9.64 Å². The van der Waals surface area contributed by atoms with E-state index in [1.807, 2.05) is 45.0 Å². The van der Waals surface area contributed by atoms with Crippen molar-refractivity contribution < 1.29 is 23.8 Å². The number of aromatic amines is 1. The van der Waals surface area contributed by atoms with Gasteiger partial charge in [0.1, 0.15) is 17.3 Å². The van der Waals surface area contributed by atoms with Crippen LogP contribution in [0.25, 0.3) is 16.7 Å². The number of ketones is 1. The van der Waals surface area contributed by atoms with Crippen molar-refractivity contribution in [3.05, 3.63) is 101 Å². The molecule has 188 valence electrons. The Hall–Kier alpha value is -4.39. The number of aliphatic hydroxyl groups excluding tert-OH is 1. The topological polar surface area (TPSA) is 82.6 Å². The van der Waals surface area contributed by atoms with Gasteiger partial charge in [-0.3, -0.25) is 14.5 Å². The summed E-state index contributed by atoms with van der Waals surface area (Å²) >= 11 is 0. The number of nitrogens with one attached hydrogen (secondary N) is 1. The van der Waals surface area contributed by atoms with Crippen molar-refractivity contribution >= 4 is 34.0 Å². The number of carbonyl (C=O) groups excluding carboxylic acids is 2. The number of aliphatic hydroxyl groups is 1. The zero-order valence-electron chi connectivity index (χ0n) is 20.8. The maximum absolute atomic E-state index is 13.7. The number of fused-ring (bicyclic) bond motifs is 1. The van der Waals surface area contributed by atoms with E-state index >= 15 is 0 Å². The summed E-state index contributed by atoms with van der Waals surface area (Å²) in [5.74, 6) is -1.53. The van der Waals surface area contributed by atoms with Gasteiger partial charge in [-0.15, -0.1) is 0 Å². The highest BCUT2D eigenvalue weighted by Crippen LogP contribution is 2.44. The minimum absolute atomic E-state index is 0.0297. The van der Waals surface area contributed by atoms with E-state index in [0.717, 1.165) is 16.5 Å². The zero-order chi connectivity index (χ0) is 26.3. The van der Waals surface area contributed by atoms with E-state index in [2.05, 4.69) is 4.98 Å². The van der Waals surface area contributed by atoms with E-state index in [1.54, 1.807) is 24.4 Å². The molecule has 1 fully saturated rings. The van der Waals surface area contributed by atoms with Gasteiger partial charge in [0.25, 0.3) is 11.7 Å². The number of hydrogen-bond donors (Lipinski definition) is 2. The molecule has 7 heteroatoms. The molecule has 1 aromatic heterocycles. The quantitative estimate of drug-likeness (QED) is 0.182. The summed E-state index contributed by atoms with van der Waals surface area (Å²) in [6.07, 6.45) is 1.74. The molecule has 1 atom stereocenters. The summed E-state index contributed by atoms with van der Waals surface area (Å²) in [6, 6.07) is 17.2. The lowest BCUT2D eigenvalue weighted by Crippen LogP contribution is -2.29. The number of Topliss-reactive ketones (excluding diaryl/α,β-unsaturated/α-hetero) is 1. The van der Waals surface area contributed by atoms with Crippen LogP contribution in [0.4, 0.5) is 10.1 Å². The van der Waals surface area contributed by atoms with Gasteiger partial charge in [-0.25, -0.2) is 4.39 Å². The molecule has 0 saturated carbocycles. The van der Waals surface area contributed by atoms with Crippen LogP contribution in [0.1, 0.15) is 49.4 Å². The SMILES string of the molecule is CCOc1ccc(/C(O)=C2\C(=O)C(=O)N(c3ccc(F)cc3)C2c2c[nH]c3ccccc23)cc1C(C)C. The second-order valence-corrected chi connectivity index (χ2v) is 9.28. The van der Waals surface area contributed by atoms with E-state index in [9.17, 15) is 19.1 Å². The van der Waals surface area contributed by atoms with Crippen molar-refractivity contribution in [1.29, 1.82) is 0 Å². The van der Waals surface area contributed by atoms with E-state index in [1.165, 1.54) is 29.2 Å². The van der Waals surface area contributed by atoms with E-state index in [-0.39, 0.29) is 17.3 Å². The number of H-pyrrole nitrogens is 1. The summed E-state index contributed by atoms with van der Waals surface area (Å²) in [5.41, 5.74) is 3.09. The van der Waals surface area contributed by atoms with Crippen LogP contribution in [0.5, 0.6) is 5.75 Å². The van der Waals surface area contributed by atoms with Crippen molar-refractivity contribution in [2.75, 3.05) is 11.5 Å². The van der Waals surface area contributed by atoms with Crippen LogP contribution in [0, 0.1) is 5.82 Å². The molecular formula is C30H27FN2O4. The summed E-state index contributed by atoms with van der Waals surface area (Å²) in [4.78, 5) is 31.4. The van der Waals surface area contributed by atoms with Crippen LogP contribution in [0.2, 0.25) is 0 Å². The number of anilines is 1. The third-order valence-electron chi connectivity index (χ3n) is 6.67. The van der Waals surface area contributed by atoms with Crippen molar-refractivity contribution in [3.8, 4) is 5.75 Å². The first-order valence-electron chi connectivity index (χ1n) is 12.2. The summed E-state index contributed by atoms with van der Waals surface area (Å²) in [6.45, 7) is 6.42. The lowest BCUT2D eigenvalue weighted by Gasteiger charge is -2.25. The highest BCUT2D eigenvalue weighted by Gasteiger charge is 2.47. The number of para-hydroxylation sites is 1. The highest BCUT2D eigenvalue weighted by molar-refractivity contribution is 6.51. The molecule has 1 aliphatic heterocycles. The Bertz CT molecular complexity index is 1530. The van der Waals surface area contributed by atoms with Crippen LogP contribution >= 0.6 is 0 Å². The number of ether oxygens (including phenoxy) is 1.